The number of aryl methyl sites for hydroxylation is 1. The molecular weight excluding hydrogens is 342 g/mol. The summed E-state index contributed by atoms with van der Waals surface area (Å²) in [5.74, 6) is 1.29. The predicted molar refractivity (Wildman–Crippen MR) is 104 cm³/mol. The SMILES string of the molecule is CCOc1ccc(CN2CCN(C(=O)c3ccc(C)nc3OC)CC2)cc1. The van der Waals surface area contributed by atoms with E-state index in [-0.39, 0.29) is 5.91 Å². The molecule has 6 heteroatoms. The first-order chi connectivity index (χ1) is 13.1. The molecule has 0 unspecified atom stereocenters. The van der Waals surface area contributed by atoms with E-state index in [9.17, 15) is 4.79 Å². The Morgan fingerprint density at radius 3 is 2.41 bits per heavy atom. The van der Waals surface area contributed by atoms with Crippen LogP contribution in [0.15, 0.2) is 36.4 Å². The Morgan fingerprint density at radius 2 is 1.78 bits per heavy atom. The third kappa shape index (κ3) is 4.77. The largest absolute Gasteiger partial charge is 0.494 e. The molecule has 0 bridgehead atoms. The highest BCUT2D eigenvalue weighted by Crippen LogP contribution is 2.20. The lowest BCUT2D eigenvalue weighted by atomic mass is 10.1. The number of carbonyl (C=O) groups is 1. The van der Waals surface area contributed by atoms with Crippen molar-refractivity contribution in [1.29, 1.82) is 0 Å². The van der Waals surface area contributed by atoms with Gasteiger partial charge in [0.1, 0.15) is 11.3 Å². The summed E-state index contributed by atoms with van der Waals surface area (Å²) < 4.78 is 10.8. The normalized spacial score (nSPS) is 14.9. The van der Waals surface area contributed by atoms with Crippen molar-refractivity contribution in [2.45, 2.75) is 20.4 Å². The average Bonchev–Trinajstić information content (AvgIpc) is 2.69. The van der Waals surface area contributed by atoms with Crippen LogP contribution in [-0.4, -0.2) is 60.6 Å². The predicted octanol–water partition coefficient (Wildman–Crippen LogP) is 2.76. The van der Waals surface area contributed by atoms with E-state index in [2.05, 4.69) is 22.0 Å². The van der Waals surface area contributed by atoms with Crippen LogP contribution in [0, 0.1) is 6.92 Å². The minimum atomic E-state index is -0.0138. The van der Waals surface area contributed by atoms with Gasteiger partial charge in [-0.3, -0.25) is 9.69 Å². The number of methoxy groups -OCH3 is 1. The summed E-state index contributed by atoms with van der Waals surface area (Å²) in [6, 6.07) is 11.9. The maximum absolute atomic E-state index is 12.8. The molecule has 1 aromatic carbocycles. The maximum atomic E-state index is 12.8. The fourth-order valence-electron chi connectivity index (χ4n) is 3.25. The van der Waals surface area contributed by atoms with Crippen molar-refractivity contribution >= 4 is 5.91 Å². The number of benzene rings is 1. The highest BCUT2D eigenvalue weighted by Gasteiger charge is 2.24. The number of pyridine rings is 1. The van der Waals surface area contributed by atoms with E-state index in [1.165, 1.54) is 5.56 Å². The number of hydrogen-bond donors (Lipinski definition) is 0. The molecule has 1 aliphatic heterocycles. The quantitative estimate of drug-likeness (QED) is 0.784. The second-order valence-corrected chi connectivity index (χ2v) is 6.65. The van der Waals surface area contributed by atoms with Crippen molar-refractivity contribution in [3.05, 3.63) is 53.2 Å². The van der Waals surface area contributed by atoms with Crippen molar-refractivity contribution in [3.63, 3.8) is 0 Å². The number of carbonyl (C=O) groups excluding carboxylic acids is 1. The number of hydrogen-bond acceptors (Lipinski definition) is 5. The number of rotatable bonds is 6. The Morgan fingerprint density at radius 1 is 1.07 bits per heavy atom. The lowest BCUT2D eigenvalue weighted by molar-refractivity contribution is 0.0624. The van der Waals surface area contributed by atoms with Crippen molar-refractivity contribution in [2.24, 2.45) is 0 Å². The molecule has 144 valence electrons. The van der Waals surface area contributed by atoms with E-state index in [1.807, 2.05) is 36.9 Å². The molecule has 6 nitrogen and oxygen atoms in total. The summed E-state index contributed by atoms with van der Waals surface area (Å²) in [5, 5.41) is 0. The number of ether oxygens (including phenoxy) is 2. The summed E-state index contributed by atoms with van der Waals surface area (Å²) >= 11 is 0. The van der Waals surface area contributed by atoms with Crippen LogP contribution in [0.3, 0.4) is 0 Å². The van der Waals surface area contributed by atoms with E-state index in [4.69, 9.17) is 9.47 Å². The fraction of sp³-hybridized carbons (Fsp3) is 0.429. The van der Waals surface area contributed by atoms with Crippen LogP contribution in [0.2, 0.25) is 0 Å². The minimum absolute atomic E-state index is 0.0138. The lowest BCUT2D eigenvalue weighted by Gasteiger charge is -2.35. The van der Waals surface area contributed by atoms with Crippen molar-refractivity contribution in [1.82, 2.24) is 14.8 Å². The van der Waals surface area contributed by atoms with Crippen molar-refractivity contribution in [2.75, 3.05) is 39.9 Å². The fourth-order valence-corrected chi connectivity index (χ4v) is 3.25. The summed E-state index contributed by atoms with van der Waals surface area (Å²) in [6.45, 7) is 8.52. The summed E-state index contributed by atoms with van der Waals surface area (Å²) in [7, 11) is 1.55. The van der Waals surface area contributed by atoms with Gasteiger partial charge in [0, 0.05) is 38.4 Å². The van der Waals surface area contributed by atoms with Crippen LogP contribution >= 0.6 is 0 Å². The third-order valence-electron chi connectivity index (χ3n) is 4.72. The monoisotopic (exact) mass is 369 g/mol. The van der Waals surface area contributed by atoms with Crippen LogP contribution < -0.4 is 9.47 Å². The molecule has 1 fully saturated rings. The Hall–Kier alpha value is -2.60. The molecule has 2 aromatic rings. The first kappa shape index (κ1) is 19.2. The first-order valence-electron chi connectivity index (χ1n) is 9.35. The second-order valence-electron chi connectivity index (χ2n) is 6.65. The molecule has 1 aromatic heterocycles. The Bertz CT molecular complexity index is 769. The van der Waals surface area contributed by atoms with Gasteiger partial charge in [0.05, 0.1) is 13.7 Å². The standard InChI is InChI=1S/C21H27N3O3/c1-4-27-18-8-6-17(7-9-18)15-23-11-13-24(14-12-23)21(25)19-10-5-16(2)22-20(19)26-3/h5-10H,4,11-15H2,1-3H3. The molecular formula is C21H27N3O3. The highest BCUT2D eigenvalue weighted by molar-refractivity contribution is 5.96. The van der Waals surface area contributed by atoms with E-state index in [0.717, 1.165) is 31.1 Å². The zero-order valence-corrected chi connectivity index (χ0v) is 16.3. The van der Waals surface area contributed by atoms with Crippen molar-refractivity contribution in [3.8, 4) is 11.6 Å². The maximum Gasteiger partial charge on any atom is 0.259 e. The van der Waals surface area contributed by atoms with Gasteiger partial charge >= 0.3 is 0 Å². The van der Waals surface area contributed by atoms with E-state index in [1.54, 1.807) is 13.2 Å². The molecule has 3 rings (SSSR count). The minimum Gasteiger partial charge on any atom is -0.494 e. The van der Waals surface area contributed by atoms with Gasteiger partial charge in [-0.1, -0.05) is 12.1 Å². The van der Waals surface area contributed by atoms with Crippen LogP contribution in [0.5, 0.6) is 11.6 Å². The molecule has 0 N–H and O–H groups in total. The molecule has 1 saturated heterocycles. The Labute approximate surface area is 160 Å². The summed E-state index contributed by atoms with van der Waals surface area (Å²) in [4.78, 5) is 21.4. The van der Waals surface area contributed by atoms with E-state index >= 15 is 0 Å². The van der Waals surface area contributed by atoms with Gasteiger partial charge in [-0.25, -0.2) is 4.98 Å². The van der Waals surface area contributed by atoms with Gasteiger partial charge < -0.3 is 14.4 Å². The van der Waals surface area contributed by atoms with Gasteiger partial charge in [0.15, 0.2) is 0 Å². The topological polar surface area (TPSA) is 54.9 Å². The summed E-state index contributed by atoms with van der Waals surface area (Å²) in [5.41, 5.74) is 2.62. The lowest BCUT2D eigenvalue weighted by Crippen LogP contribution is -2.48. The molecule has 0 saturated carbocycles. The Kier molecular flexibility index (Phi) is 6.29. The van der Waals surface area contributed by atoms with Gasteiger partial charge in [0.2, 0.25) is 5.88 Å². The number of nitrogens with zero attached hydrogens (tertiary/aromatic N) is 3. The summed E-state index contributed by atoms with van der Waals surface area (Å²) in [6.07, 6.45) is 0. The van der Waals surface area contributed by atoms with Gasteiger partial charge in [0.25, 0.3) is 5.91 Å². The van der Waals surface area contributed by atoms with Gasteiger partial charge in [-0.15, -0.1) is 0 Å². The van der Waals surface area contributed by atoms with Crippen LogP contribution in [-0.2, 0) is 6.54 Å². The van der Waals surface area contributed by atoms with E-state index in [0.29, 0.717) is 31.1 Å². The molecule has 27 heavy (non-hydrogen) atoms. The molecule has 2 heterocycles. The third-order valence-corrected chi connectivity index (χ3v) is 4.72. The Balaban J connectivity index is 1.56. The van der Waals surface area contributed by atoms with Crippen LogP contribution in [0.25, 0.3) is 0 Å². The number of aromatic nitrogens is 1. The first-order valence-corrected chi connectivity index (χ1v) is 9.35. The zero-order valence-electron chi connectivity index (χ0n) is 16.3. The van der Waals surface area contributed by atoms with Gasteiger partial charge in [-0.2, -0.15) is 0 Å². The smallest absolute Gasteiger partial charge is 0.259 e. The average molecular weight is 369 g/mol. The molecule has 1 amide bonds. The molecule has 1 aliphatic rings. The molecule has 0 radical (unpaired) electrons. The highest BCUT2D eigenvalue weighted by atomic mass is 16.5. The molecule has 0 atom stereocenters. The van der Waals surface area contributed by atoms with E-state index < -0.39 is 0 Å². The molecule has 0 aliphatic carbocycles. The van der Waals surface area contributed by atoms with Crippen LogP contribution in [0.1, 0.15) is 28.5 Å². The second kappa shape index (κ2) is 8.86. The van der Waals surface area contributed by atoms with Crippen LogP contribution in [0.4, 0.5) is 0 Å². The molecule has 0 spiro atoms. The zero-order chi connectivity index (χ0) is 19.2. The van der Waals surface area contributed by atoms with Gasteiger partial charge in [-0.05, 0) is 43.7 Å². The number of piperazine rings is 1. The van der Waals surface area contributed by atoms with Crippen molar-refractivity contribution < 1.29 is 14.3 Å². The number of amides is 1.